The van der Waals surface area contributed by atoms with Gasteiger partial charge >= 0.3 is 5.97 Å². The lowest BCUT2D eigenvalue weighted by Crippen LogP contribution is -2.44. The van der Waals surface area contributed by atoms with Crippen LogP contribution in [0.4, 0.5) is 10.1 Å². The Bertz CT molecular complexity index is 1310. The van der Waals surface area contributed by atoms with Crippen LogP contribution < -0.4 is 15.4 Å². The van der Waals surface area contributed by atoms with E-state index in [2.05, 4.69) is 26.6 Å². The second kappa shape index (κ2) is 12.6. The Balaban J connectivity index is 1.97. The minimum atomic E-state index is -1.42. The van der Waals surface area contributed by atoms with Crippen LogP contribution in [0, 0.1) is 23.1 Å². The lowest BCUT2D eigenvalue weighted by Gasteiger charge is -2.31. The first-order valence-electron chi connectivity index (χ1n) is 10.6. The van der Waals surface area contributed by atoms with Gasteiger partial charge in [0.05, 0.1) is 51.9 Å². The Morgan fingerprint density at radius 1 is 1.27 bits per heavy atom. The van der Waals surface area contributed by atoms with Crippen molar-refractivity contribution in [2.24, 2.45) is 5.92 Å². The third-order valence-electron chi connectivity index (χ3n) is 5.20. The standard InChI is InChI=1S/C24H19BrCl2FN3O5S/c1-3-36-21-14(26)6-11(7-15(21)27)19-13(9-29)23(31-22(33)20(19)24(34)35-2)37-10-18(32)30-17-5-4-12(25)8-16(17)28/h4-8,19-20H,3,10H2,1-2H3,(H,30,32)(H,31,33)/t19-,20+/m1/s1. The maximum Gasteiger partial charge on any atom is 0.319 e. The van der Waals surface area contributed by atoms with E-state index in [0.29, 0.717) is 16.6 Å². The lowest BCUT2D eigenvalue weighted by molar-refractivity contribution is -0.150. The number of halogens is 4. The molecule has 0 spiro atoms. The van der Waals surface area contributed by atoms with E-state index in [1.807, 2.05) is 6.07 Å². The summed E-state index contributed by atoms with van der Waals surface area (Å²) < 4.78 is 24.8. The van der Waals surface area contributed by atoms with E-state index in [9.17, 15) is 24.0 Å². The third-order valence-corrected chi connectivity index (χ3v) is 7.28. The molecule has 2 amide bonds. The summed E-state index contributed by atoms with van der Waals surface area (Å²) >= 11 is 16.7. The van der Waals surface area contributed by atoms with Gasteiger partial charge in [-0.2, -0.15) is 5.26 Å². The fraction of sp³-hybridized carbons (Fsp3) is 0.250. The fourth-order valence-electron chi connectivity index (χ4n) is 3.64. The van der Waals surface area contributed by atoms with Crippen molar-refractivity contribution in [2.45, 2.75) is 12.8 Å². The Kier molecular flexibility index (Phi) is 9.84. The fourth-order valence-corrected chi connectivity index (χ4v) is 5.43. The number of carbonyl (C=O) groups excluding carboxylic acids is 3. The summed E-state index contributed by atoms with van der Waals surface area (Å²) in [4.78, 5) is 38.0. The topological polar surface area (TPSA) is 118 Å². The number of ether oxygens (including phenoxy) is 2. The minimum Gasteiger partial charge on any atom is -0.491 e. The smallest absolute Gasteiger partial charge is 0.319 e. The summed E-state index contributed by atoms with van der Waals surface area (Å²) in [6.45, 7) is 2.05. The summed E-state index contributed by atoms with van der Waals surface area (Å²) in [5.41, 5.74) is 0.275. The average molecular weight is 631 g/mol. The van der Waals surface area contributed by atoms with Crippen molar-refractivity contribution in [1.82, 2.24) is 5.32 Å². The quantitative estimate of drug-likeness (QED) is 0.296. The van der Waals surface area contributed by atoms with E-state index in [1.54, 1.807) is 13.0 Å². The van der Waals surface area contributed by atoms with Gasteiger partial charge in [-0.25, -0.2) is 4.39 Å². The SMILES string of the molecule is CCOc1c(Cl)cc([C@@H]2C(C#N)=C(SCC(=O)Nc3ccc(Br)cc3F)NC(=O)[C@H]2C(=O)OC)cc1Cl. The van der Waals surface area contributed by atoms with Crippen LogP contribution >= 0.6 is 50.9 Å². The predicted molar refractivity (Wildman–Crippen MR) is 142 cm³/mol. The highest BCUT2D eigenvalue weighted by molar-refractivity contribution is 9.10. The molecule has 0 aliphatic carbocycles. The number of benzene rings is 2. The third kappa shape index (κ3) is 6.57. The molecule has 37 heavy (non-hydrogen) atoms. The average Bonchev–Trinajstić information content (AvgIpc) is 2.85. The number of nitrogens with zero attached hydrogens (tertiary/aromatic N) is 1. The number of anilines is 1. The van der Waals surface area contributed by atoms with Crippen LogP contribution in [0.5, 0.6) is 5.75 Å². The Morgan fingerprint density at radius 2 is 1.95 bits per heavy atom. The van der Waals surface area contributed by atoms with Gasteiger partial charge in [-0.15, -0.1) is 0 Å². The van der Waals surface area contributed by atoms with E-state index >= 15 is 0 Å². The molecule has 1 heterocycles. The molecule has 0 saturated heterocycles. The summed E-state index contributed by atoms with van der Waals surface area (Å²) in [6.07, 6.45) is 0. The molecule has 2 atom stereocenters. The van der Waals surface area contributed by atoms with E-state index < -0.39 is 35.4 Å². The molecule has 2 aromatic carbocycles. The number of rotatable bonds is 8. The second-order valence-electron chi connectivity index (χ2n) is 7.53. The highest BCUT2D eigenvalue weighted by Crippen LogP contribution is 2.44. The number of thioether (sulfide) groups is 1. The molecule has 2 aromatic rings. The number of hydrogen-bond donors (Lipinski definition) is 2. The van der Waals surface area contributed by atoms with Gasteiger partial charge in [0.15, 0.2) is 5.75 Å². The molecular weight excluding hydrogens is 612 g/mol. The van der Waals surface area contributed by atoms with Crippen molar-refractivity contribution in [3.05, 3.63) is 66.8 Å². The molecular formula is C24H19BrCl2FN3O5S. The second-order valence-corrected chi connectivity index (χ2v) is 10.2. The van der Waals surface area contributed by atoms with Crippen molar-refractivity contribution < 1.29 is 28.2 Å². The van der Waals surface area contributed by atoms with Crippen LogP contribution in [0.15, 0.2) is 45.4 Å². The predicted octanol–water partition coefficient (Wildman–Crippen LogP) is 5.40. The molecule has 0 saturated carbocycles. The molecule has 194 valence electrons. The molecule has 1 aliphatic rings. The molecule has 8 nitrogen and oxygen atoms in total. The Morgan fingerprint density at radius 3 is 2.51 bits per heavy atom. The van der Waals surface area contributed by atoms with Crippen LogP contribution in [0.25, 0.3) is 0 Å². The highest BCUT2D eigenvalue weighted by atomic mass is 79.9. The first-order valence-corrected chi connectivity index (χ1v) is 13.2. The van der Waals surface area contributed by atoms with Crippen LogP contribution in [0.1, 0.15) is 18.4 Å². The van der Waals surface area contributed by atoms with Crippen LogP contribution in [0.2, 0.25) is 10.0 Å². The van der Waals surface area contributed by atoms with Crippen LogP contribution in [-0.2, 0) is 19.1 Å². The molecule has 2 N–H and O–H groups in total. The van der Waals surface area contributed by atoms with Gasteiger partial charge < -0.3 is 20.1 Å². The number of nitrogens with one attached hydrogen (secondary N) is 2. The van der Waals surface area contributed by atoms with Crippen molar-refractivity contribution in [3.8, 4) is 11.8 Å². The van der Waals surface area contributed by atoms with Crippen molar-refractivity contribution in [3.63, 3.8) is 0 Å². The molecule has 0 unspecified atom stereocenters. The molecule has 0 radical (unpaired) electrons. The first-order chi connectivity index (χ1) is 17.6. The van der Waals surface area contributed by atoms with Gasteiger partial charge in [-0.1, -0.05) is 50.9 Å². The van der Waals surface area contributed by atoms with Crippen LogP contribution in [-0.4, -0.2) is 37.3 Å². The van der Waals surface area contributed by atoms with E-state index in [0.717, 1.165) is 18.9 Å². The maximum atomic E-state index is 14.1. The van der Waals surface area contributed by atoms with Crippen molar-refractivity contribution in [2.75, 3.05) is 24.8 Å². The molecule has 3 rings (SSSR count). The minimum absolute atomic E-state index is 0.00100. The van der Waals surface area contributed by atoms with Gasteiger partial charge in [0.2, 0.25) is 11.8 Å². The van der Waals surface area contributed by atoms with E-state index in [-0.39, 0.29) is 37.8 Å². The number of hydrogen-bond acceptors (Lipinski definition) is 7. The monoisotopic (exact) mass is 629 g/mol. The summed E-state index contributed by atoms with van der Waals surface area (Å²) in [6, 6.07) is 9.09. The summed E-state index contributed by atoms with van der Waals surface area (Å²) in [7, 11) is 1.12. The maximum absolute atomic E-state index is 14.1. The number of methoxy groups -OCH3 is 1. The number of carbonyl (C=O) groups is 3. The Hall–Kier alpha value is -2.78. The normalized spacial score (nSPS) is 17.1. The van der Waals surface area contributed by atoms with E-state index in [1.165, 1.54) is 24.3 Å². The van der Waals surface area contributed by atoms with Gasteiger partial charge in [0, 0.05) is 10.4 Å². The highest BCUT2D eigenvalue weighted by Gasteiger charge is 2.44. The molecule has 0 fully saturated rings. The number of amides is 2. The van der Waals surface area contributed by atoms with Crippen molar-refractivity contribution >= 4 is 74.4 Å². The van der Waals surface area contributed by atoms with Gasteiger partial charge in [-0.05, 0) is 42.8 Å². The first kappa shape index (κ1) is 28.8. The number of nitriles is 1. The zero-order valence-electron chi connectivity index (χ0n) is 19.4. The molecule has 1 aliphatic heterocycles. The Labute approximate surface area is 234 Å². The lowest BCUT2D eigenvalue weighted by atomic mass is 9.78. The molecule has 0 aromatic heterocycles. The number of allylic oxidation sites excluding steroid dienone is 1. The number of esters is 1. The summed E-state index contributed by atoms with van der Waals surface area (Å²) in [5, 5.41) is 15.3. The van der Waals surface area contributed by atoms with Gasteiger partial charge in [-0.3, -0.25) is 14.4 Å². The zero-order valence-corrected chi connectivity index (χ0v) is 23.3. The van der Waals surface area contributed by atoms with Gasteiger partial charge in [0.1, 0.15) is 11.7 Å². The zero-order chi connectivity index (χ0) is 27.3. The van der Waals surface area contributed by atoms with E-state index in [4.69, 9.17) is 32.7 Å². The van der Waals surface area contributed by atoms with Crippen LogP contribution in [0.3, 0.4) is 0 Å². The van der Waals surface area contributed by atoms with Gasteiger partial charge in [0.25, 0.3) is 0 Å². The molecule has 13 heteroatoms. The summed E-state index contributed by atoms with van der Waals surface area (Å²) in [5.74, 6) is -5.39. The van der Waals surface area contributed by atoms with Crippen molar-refractivity contribution in [1.29, 1.82) is 5.26 Å². The largest absolute Gasteiger partial charge is 0.491 e. The molecule has 0 bridgehead atoms.